The van der Waals surface area contributed by atoms with Gasteiger partial charge in [-0.2, -0.15) is 0 Å². The van der Waals surface area contributed by atoms with Gasteiger partial charge in [0.1, 0.15) is 0 Å². The first-order chi connectivity index (χ1) is 11.7. The number of nitrogens with one attached hydrogen (secondary N) is 1. The van der Waals surface area contributed by atoms with Gasteiger partial charge in [-0.05, 0) is 24.6 Å². The molecule has 0 radical (unpaired) electrons. The Hall–Kier alpha value is -3.09. The van der Waals surface area contributed by atoms with Crippen LogP contribution in [0.4, 0.5) is 5.69 Å². The highest BCUT2D eigenvalue weighted by molar-refractivity contribution is 5.90. The second-order valence-electron chi connectivity index (χ2n) is 5.23. The Morgan fingerprint density at radius 2 is 2.12 bits per heavy atom. The Kier molecular flexibility index (Phi) is 4.60. The van der Waals surface area contributed by atoms with Crippen molar-refractivity contribution >= 4 is 22.7 Å². The molecule has 1 aromatic carbocycles. The van der Waals surface area contributed by atoms with E-state index >= 15 is 0 Å². The van der Waals surface area contributed by atoms with Crippen LogP contribution in [0.5, 0.6) is 5.88 Å². The highest BCUT2D eigenvalue weighted by Gasteiger charge is 2.09. The summed E-state index contributed by atoms with van der Waals surface area (Å²) in [4.78, 5) is 27.8. The molecule has 124 valence electrons. The summed E-state index contributed by atoms with van der Waals surface area (Å²) in [5.41, 5.74) is 1.89. The monoisotopic (exact) mass is 327 g/mol. The van der Waals surface area contributed by atoms with Crippen molar-refractivity contribution in [3.8, 4) is 5.88 Å². The summed E-state index contributed by atoms with van der Waals surface area (Å²) in [6.45, 7) is 0.421. The molecule has 0 atom stereocenters. The summed E-state index contributed by atoms with van der Waals surface area (Å²) in [5.74, 6) is -0.0574. The van der Waals surface area contributed by atoms with E-state index < -0.39 is 5.76 Å². The number of oxazole rings is 1. The summed E-state index contributed by atoms with van der Waals surface area (Å²) in [6.07, 6.45) is 2.35. The van der Waals surface area contributed by atoms with Crippen molar-refractivity contribution in [2.45, 2.75) is 19.4 Å². The fourth-order valence-electron chi connectivity index (χ4n) is 2.42. The van der Waals surface area contributed by atoms with Crippen molar-refractivity contribution in [2.75, 3.05) is 12.4 Å². The molecule has 3 rings (SSSR count). The molecule has 24 heavy (non-hydrogen) atoms. The average molecular weight is 327 g/mol. The van der Waals surface area contributed by atoms with Crippen LogP contribution < -0.4 is 15.8 Å². The van der Waals surface area contributed by atoms with Gasteiger partial charge < -0.3 is 14.5 Å². The topological polar surface area (TPSA) is 86.4 Å². The molecule has 0 aliphatic carbocycles. The number of benzene rings is 1. The second-order valence-corrected chi connectivity index (χ2v) is 5.23. The molecular weight excluding hydrogens is 310 g/mol. The van der Waals surface area contributed by atoms with Crippen LogP contribution in [0.1, 0.15) is 12.8 Å². The Labute approximate surface area is 137 Å². The Bertz CT molecular complexity index is 896. The van der Waals surface area contributed by atoms with Crippen molar-refractivity contribution in [3.63, 3.8) is 0 Å². The third kappa shape index (κ3) is 3.45. The molecule has 7 heteroatoms. The Morgan fingerprint density at radius 1 is 1.29 bits per heavy atom. The zero-order chi connectivity index (χ0) is 16.9. The number of fused-ring (bicyclic) bond motifs is 1. The van der Waals surface area contributed by atoms with E-state index in [-0.39, 0.29) is 12.3 Å². The third-order valence-electron chi connectivity index (χ3n) is 3.59. The predicted molar refractivity (Wildman–Crippen MR) is 89.1 cm³/mol. The fraction of sp³-hybridized carbons (Fsp3) is 0.235. The van der Waals surface area contributed by atoms with Crippen molar-refractivity contribution in [3.05, 3.63) is 53.1 Å². The van der Waals surface area contributed by atoms with Crippen LogP contribution in [0.2, 0.25) is 0 Å². The maximum atomic E-state index is 12.0. The minimum atomic E-state index is -0.407. The molecule has 1 N–H and O–H groups in total. The molecule has 0 aliphatic rings. The highest BCUT2D eigenvalue weighted by atomic mass is 16.5. The number of carbonyl (C=O) groups excluding carboxylic acids is 1. The molecule has 0 fully saturated rings. The number of rotatable bonds is 6. The van der Waals surface area contributed by atoms with Gasteiger partial charge in [-0.3, -0.25) is 9.36 Å². The van der Waals surface area contributed by atoms with Crippen molar-refractivity contribution < 1.29 is 13.9 Å². The van der Waals surface area contributed by atoms with Crippen LogP contribution in [-0.2, 0) is 11.3 Å². The van der Waals surface area contributed by atoms with E-state index in [0.717, 1.165) is 5.52 Å². The lowest BCUT2D eigenvalue weighted by atomic mass is 10.2. The van der Waals surface area contributed by atoms with Crippen LogP contribution in [-0.4, -0.2) is 22.6 Å². The molecule has 3 aromatic rings. The van der Waals surface area contributed by atoms with Crippen molar-refractivity contribution in [1.29, 1.82) is 0 Å². The van der Waals surface area contributed by atoms with E-state index in [1.807, 2.05) is 18.2 Å². The molecule has 1 amide bonds. The molecule has 0 saturated heterocycles. The van der Waals surface area contributed by atoms with E-state index in [9.17, 15) is 9.59 Å². The smallest absolute Gasteiger partial charge is 0.419 e. The van der Waals surface area contributed by atoms with Crippen molar-refractivity contribution in [2.24, 2.45) is 0 Å². The van der Waals surface area contributed by atoms with Gasteiger partial charge in [0.25, 0.3) is 0 Å². The Balaban J connectivity index is 1.56. The summed E-state index contributed by atoms with van der Waals surface area (Å²) in [5, 5.41) is 2.76. The van der Waals surface area contributed by atoms with Crippen LogP contribution in [0.15, 0.2) is 51.8 Å². The zero-order valence-electron chi connectivity index (χ0n) is 13.2. The number of methoxy groups -OCH3 is 1. The number of anilines is 1. The van der Waals surface area contributed by atoms with Gasteiger partial charge in [-0.25, -0.2) is 9.78 Å². The molecule has 0 saturated carbocycles. The van der Waals surface area contributed by atoms with Gasteiger partial charge in [0.15, 0.2) is 5.58 Å². The van der Waals surface area contributed by atoms with Gasteiger partial charge in [-0.15, -0.1) is 0 Å². The van der Waals surface area contributed by atoms with Gasteiger partial charge in [-0.1, -0.05) is 12.1 Å². The normalized spacial score (nSPS) is 10.7. The number of hydrogen-bond donors (Lipinski definition) is 1. The minimum Gasteiger partial charge on any atom is -0.481 e. The maximum Gasteiger partial charge on any atom is 0.419 e. The number of pyridine rings is 1. The predicted octanol–water partition coefficient (Wildman–Crippen LogP) is 2.42. The van der Waals surface area contributed by atoms with E-state index in [1.165, 1.54) is 17.9 Å². The highest BCUT2D eigenvalue weighted by Crippen LogP contribution is 2.13. The first-order valence-corrected chi connectivity index (χ1v) is 7.55. The summed E-state index contributed by atoms with van der Waals surface area (Å²) in [7, 11) is 1.53. The van der Waals surface area contributed by atoms with Gasteiger partial charge in [0.2, 0.25) is 11.8 Å². The van der Waals surface area contributed by atoms with Gasteiger partial charge in [0.05, 0.1) is 24.5 Å². The summed E-state index contributed by atoms with van der Waals surface area (Å²) in [6, 6.07) is 10.6. The van der Waals surface area contributed by atoms with Crippen LogP contribution >= 0.6 is 0 Å². The molecular formula is C17H17N3O4. The van der Waals surface area contributed by atoms with Gasteiger partial charge in [0, 0.05) is 19.0 Å². The third-order valence-corrected chi connectivity index (χ3v) is 3.59. The number of hydrogen-bond acceptors (Lipinski definition) is 5. The lowest BCUT2D eigenvalue weighted by Gasteiger charge is -2.06. The first kappa shape index (κ1) is 15.8. The fourth-order valence-corrected chi connectivity index (χ4v) is 2.42. The number of para-hydroxylation sites is 2. The van der Waals surface area contributed by atoms with E-state index in [0.29, 0.717) is 30.1 Å². The van der Waals surface area contributed by atoms with Gasteiger partial charge >= 0.3 is 5.76 Å². The first-order valence-electron chi connectivity index (χ1n) is 7.55. The van der Waals surface area contributed by atoms with Crippen LogP contribution in [0, 0.1) is 0 Å². The molecule has 0 aliphatic heterocycles. The van der Waals surface area contributed by atoms with Crippen LogP contribution in [0.3, 0.4) is 0 Å². The maximum absolute atomic E-state index is 12.0. The molecule has 7 nitrogen and oxygen atoms in total. The molecule has 0 bridgehead atoms. The number of carbonyl (C=O) groups is 1. The van der Waals surface area contributed by atoms with Crippen LogP contribution in [0.25, 0.3) is 11.1 Å². The number of amides is 1. The lowest BCUT2D eigenvalue weighted by Crippen LogP contribution is -2.17. The number of nitrogens with zero attached hydrogens (tertiary/aromatic N) is 2. The second kappa shape index (κ2) is 6.99. The molecule has 2 aromatic heterocycles. The van der Waals surface area contributed by atoms with E-state index in [4.69, 9.17) is 9.15 Å². The standard InChI is InChI=1S/C17H17N3O4/c1-23-16-9-8-12(11-18-16)19-15(21)7-4-10-20-13-5-2-3-6-14(13)24-17(20)22/h2-3,5-6,8-9,11H,4,7,10H2,1H3,(H,19,21). The summed E-state index contributed by atoms with van der Waals surface area (Å²) < 4.78 is 11.7. The van der Waals surface area contributed by atoms with E-state index in [2.05, 4.69) is 10.3 Å². The number of ether oxygens (including phenoxy) is 1. The van der Waals surface area contributed by atoms with Crippen molar-refractivity contribution in [1.82, 2.24) is 9.55 Å². The zero-order valence-corrected chi connectivity index (χ0v) is 13.2. The molecule has 2 heterocycles. The number of aromatic nitrogens is 2. The largest absolute Gasteiger partial charge is 0.481 e. The SMILES string of the molecule is COc1ccc(NC(=O)CCCn2c(=O)oc3ccccc32)cn1. The average Bonchev–Trinajstić information content (AvgIpc) is 2.91. The minimum absolute atomic E-state index is 0.136. The molecule has 0 unspecified atom stereocenters. The summed E-state index contributed by atoms with van der Waals surface area (Å²) >= 11 is 0. The molecule has 0 spiro atoms. The lowest BCUT2D eigenvalue weighted by molar-refractivity contribution is -0.116. The Morgan fingerprint density at radius 3 is 2.88 bits per heavy atom. The van der Waals surface area contributed by atoms with E-state index in [1.54, 1.807) is 18.2 Å². The quantitative estimate of drug-likeness (QED) is 0.751. The number of aryl methyl sites for hydroxylation is 1.